The number of carbonyl (C=O) groups is 3. The number of hydrogen-bond acceptors (Lipinski definition) is 5. The van der Waals surface area contributed by atoms with E-state index in [0.717, 1.165) is 0 Å². The fourth-order valence-electron chi connectivity index (χ4n) is 3.00. The van der Waals surface area contributed by atoms with Gasteiger partial charge in [-0.2, -0.15) is 0 Å². The van der Waals surface area contributed by atoms with Gasteiger partial charge in [0.1, 0.15) is 5.75 Å². The first kappa shape index (κ1) is 21.3. The highest BCUT2D eigenvalue weighted by atomic mass is 16.5. The van der Waals surface area contributed by atoms with E-state index in [-0.39, 0.29) is 30.6 Å². The van der Waals surface area contributed by atoms with Gasteiger partial charge in [0, 0.05) is 42.9 Å². The highest BCUT2D eigenvalue weighted by Gasteiger charge is 2.17. The monoisotopic (exact) mass is 411 g/mol. The van der Waals surface area contributed by atoms with Crippen molar-refractivity contribution in [3.63, 3.8) is 0 Å². The van der Waals surface area contributed by atoms with Gasteiger partial charge in [0.05, 0.1) is 20.3 Å². The lowest BCUT2D eigenvalue weighted by molar-refractivity contribution is -0.136. The molecule has 0 aromatic heterocycles. The van der Waals surface area contributed by atoms with Crippen LogP contribution < -0.4 is 15.4 Å². The molecule has 1 heterocycles. The van der Waals surface area contributed by atoms with E-state index < -0.39 is 0 Å². The van der Waals surface area contributed by atoms with Gasteiger partial charge in [0.2, 0.25) is 11.8 Å². The van der Waals surface area contributed by atoms with Crippen LogP contribution >= 0.6 is 0 Å². The Morgan fingerprint density at radius 3 is 2.13 bits per heavy atom. The van der Waals surface area contributed by atoms with Crippen molar-refractivity contribution in [2.24, 2.45) is 0 Å². The Labute approximate surface area is 175 Å². The largest absolute Gasteiger partial charge is 0.497 e. The summed E-state index contributed by atoms with van der Waals surface area (Å²) in [6.07, 6.45) is 0.268. The average Bonchev–Trinajstić information content (AvgIpc) is 2.79. The van der Waals surface area contributed by atoms with E-state index in [4.69, 9.17) is 9.47 Å². The Hall–Kier alpha value is -3.39. The number of amides is 3. The van der Waals surface area contributed by atoms with Crippen LogP contribution in [0.5, 0.6) is 5.75 Å². The minimum atomic E-state index is -0.255. The fourth-order valence-corrected chi connectivity index (χ4v) is 3.00. The highest BCUT2D eigenvalue weighted by molar-refractivity contribution is 6.04. The van der Waals surface area contributed by atoms with E-state index in [9.17, 15) is 14.4 Å². The lowest BCUT2D eigenvalue weighted by Crippen LogP contribution is -2.40. The number of nitrogens with one attached hydrogen (secondary N) is 2. The number of rotatable bonds is 7. The molecule has 0 unspecified atom stereocenters. The molecule has 0 radical (unpaired) electrons. The number of methoxy groups -OCH3 is 1. The van der Waals surface area contributed by atoms with Crippen molar-refractivity contribution in [1.82, 2.24) is 4.90 Å². The molecule has 0 spiro atoms. The molecule has 30 heavy (non-hydrogen) atoms. The normalized spacial score (nSPS) is 13.4. The number of nitrogens with zero attached hydrogens (tertiary/aromatic N) is 1. The van der Waals surface area contributed by atoms with Gasteiger partial charge in [-0.3, -0.25) is 14.4 Å². The SMILES string of the molecule is COc1ccc(NC(=O)c2ccc(NC(=O)CCC(=O)N3CCOCC3)cc2)cc1. The van der Waals surface area contributed by atoms with Gasteiger partial charge in [0.15, 0.2) is 0 Å². The summed E-state index contributed by atoms with van der Waals surface area (Å²) in [7, 11) is 1.58. The van der Waals surface area contributed by atoms with Crippen LogP contribution in [0.4, 0.5) is 11.4 Å². The molecule has 1 aliphatic heterocycles. The second-order valence-corrected chi connectivity index (χ2v) is 6.80. The van der Waals surface area contributed by atoms with Crippen molar-refractivity contribution < 1.29 is 23.9 Å². The van der Waals surface area contributed by atoms with E-state index >= 15 is 0 Å². The average molecular weight is 411 g/mol. The Kier molecular flexibility index (Phi) is 7.40. The van der Waals surface area contributed by atoms with E-state index in [1.807, 2.05) is 0 Å². The number of ether oxygens (including phenoxy) is 2. The maximum Gasteiger partial charge on any atom is 0.255 e. The molecule has 2 N–H and O–H groups in total. The smallest absolute Gasteiger partial charge is 0.255 e. The summed E-state index contributed by atoms with van der Waals surface area (Å²) in [6.45, 7) is 2.22. The van der Waals surface area contributed by atoms with Crippen molar-refractivity contribution in [3.05, 3.63) is 54.1 Å². The molecule has 0 bridgehead atoms. The van der Waals surface area contributed by atoms with E-state index in [2.05, 4.69) is 10.6 Å². The molecule has 0 aliphatic carbocycles. The summed E-state index contributed by atoms with van der Waals surface area (Å²) in [6, 6.07) is 13.6. The van der Waals surface area contributed by atoms with Crippen LogP contribution in [-0.2, 0) is 14.3 Å². The summed E-state index contributed by atoms with van der Waals surface area (Å²) in [5.41, 5.74) is 1.69. The summed E-state index contributed by atoms with van der Waals surface area (Å²) >= 11 is 0. The van der Waals surface area contributed by atoms with Crippen molar-refractivity contribution in [3.8, 4) is 5.75 Å². The molecular weight excluding hydrogens is 386 g/mol. The zero-order valence-corrected chi connectivity index (χ0v) is 16.8. The first-order chi connectivity index (χ1) is 14.5. The summed E-state index contributed by atoms with van der Waals surface area (Å²) in [5, 5.41) is 5.55. The molecule has 2 aromatic carbocycles. The molecular formula is C22H25N3O5. The Balaban J connectivity index is 1.46. The molecule has 8 nitrogen and oxygen atoms in total. The van der Waals surface area contributed by atoms with Crippen molar-refractivity contribution in [2.75, 3.05) is 44.0 Å². The second-order valence-electron chi connectivity index (χ2n) is 6.80. The van der Waals surface area contributed by atoms with Crippen LogP contribution in [0.15, 0.2) is 48.5 Å². The van der Waals surface area contributed by atoms with Crippen LogP contribution in [0, 0.1) is 0 Å². The van der Waals surface area contributed by atoms with Gasteiger partial charge in [0.25, 0.3) is 5.91 Å². The number of morpholine rings is 1. The summed E-state index contributed by atoms with van der Waals surface area (Å²) in [4.78, 5) is 38.3. The lowest BCUT2D eigenvalue weighted by atomic mass is 10.1. The first-order valence-corrected chi connectivity index (χ1v) is 9.76. The van der Waals surface area contributed by atoms with Crippen LogP contribution in [0.2, 0.25) is 0 Å². The third-order valence-electron chi connectivity index (χ3n) is 4.71. The Bertz CT molecular complexity index is 875. The summed E-state index contributed by atoms with van der Waals surface area (Å²) < 4.78 is 10.3. The number of hydrogen-bond donors (Lipinski definition) is 2. The third kappa shape index (κ3) is 6.05. The fraction of sp³-hybridized carbons (Fsp3) is 0.318. The third-order valence-corrected chi connectivity index (χ3v) is 4.71. The predicted octanol–water partition coefficient (Wildman–Crippen LogP) is 2.53. The number of anilines is 2. The topological polar surface area (TPSA) is 97.0 Å². The van der Waals surface area contributed by atoms with Gasteiger partial charge in [-0.15, -0.1) is 0 Å². The molecule has 1 aliphatic rings. The van der Waals surface area contributed by atoms with Crippen molar-refractivity contribution in [1.29, 1.82) is 0 Å². The molecule has 1 fully saturated rings. The second kappa shape index (κ2) is 10.4. The lowest BCUT2D eigenvalue weighted by Gasteiger charge is -2.26. The number of benzene rings is 2. The molecule has 0 saturated carbocycles. The first-order valence-electron chi connectivity index (χ1n) is 9.76. The maximum absolute atomic E-state index is 12.3. The van der Waals surface area contributed by atoms with Crippen molar-refractivity contribution >= 4 is 29.1 Å². The van der Waals surface area contributed by atoms with Crippen LogP contribution in [-0.4, -0.2) is 56.0 Å². The van der Waals surface area contributed by atoms with Gasteiger partial charge in [-0.1, -0.05) is 0 Å². The van der Waals surface area contributed by atoms with Gasteiger partial charge < -0.3 is 25.0 Å². The standard InChI is InChI=1S/C22H25N3O5/c1-29-19-8-6-18(7-9-19)24-22(28)16-2-4-17(5-3-16)23-20(26)10-11-21(27)25-12-14-30-15-13-25/h2-9H,10-15H2,1H3,(H,23,26)(H,24,28). The molecule has 158 valence electrons. The molecule has 8 heteroatoms. The quantitative estimate of drug-likeness (QED) is 0.730. The van der Waals surface area contributed by atoms with Crippen molar-refractivity contribution in [2.45, 2.75) is 12.8 Å². The zero-order valence-electron chi connectivity index (χ0n) is 16.8. The van der Waals surface area contributed by atoms with Crippen LogP contribution in [0.25, 0.3) is 0 Å². The Morgan fingerprint density at radius 1 is 0.900 bits per heavy atom. The number of carbonyl (C=O) groups excluding carboxylic acids is 3. The van der Waals surface area contributed by atoms with Gasteiger partial charge in [-0.05, 0) is 48.5 Å². The predicted molar refractivity (Wildman–Crippen MR) is 113 cm³/mol. The minimum Gasteiger partial charge on any atom is -0.497 e. The Morgan fingerprint density at radius 2 is 1.50 bits per heavy atom. The van der Waals surface area contributed by atoms with E-state index in [1.54, 1.807) is 60.5 Å². The van der Waals surface area contributed by atoms with E-state index in [1.165, 1.54) is 0 Å². The molecule has 1 saturated heterocycles. The molecule has 0 atom stereocenters. The highest BCUT2D eigenvalue weighted by Crippen LogP contribution is 2.17. The van der Waals surface area contributed by atoms with Crippen LogP contribution in [0.3, 0.4) is 0 Å². The van der Waals surface area contributed by atoms with Crippen LogP contribution in [0.1, 0.15) is 23.2 Å². The van der Waals surface area contributed by atoms with E-state index in [0.29, 0.717) is 49.0 Å². The molecule has 3 rings (SSSR count). The maximum atomic E-state index is 12.3. The van der Waals surface area contributed by atoms with Gasteiger partial charge in [-0.25, -0.2) is 0 Å². The molecule has 3 amide bonds. The minimum absolute atomic E-state index is 0.0426. The zero-order chi connectivity index (χ0) is 21.3. The summed E-state index contributed by atoms with van der Waals surface area (Å²) in [5.74, 6) is 0.167. The van der Waals surface area contributed by atoms with Gasteiger partial charge >= 0.3 is 0 Å². The molecule has 2 aromatic rings.